The molecule has 33 heavy (non-hydrogen) atoms. The molecule has 3 heterocycles. The van der Waals surface area contributed by atoms with Crippen molar-refractivity contribution in [3.8, 4) is 0 Å². The maximum absolute atomic E-state index is 12.8. The van der Waals surface area contributed by atoms with E-state index in [-0.39, 0.29) is 23.2 Å². The quantitative estimate of drug-likeness (QED) is 0.438. The fourth-order valence-electron chi connectivity index (χ4n) is 4.17. The van der Waals surface area contributed by atoms with Crippen LogP contribution in [0.1, 0.15) is 47.4 Å². The highest BCUT2D eigenvalue weighted by Crippen LogP contribution is 2.32. The van der Waals surface area contributed by atoms with Gasteiger partial charge in [0.25, 0.3) is 11.6 Å². The number of nitro groups is 1. The first-order valence-corrected chi connectivity index (χ1v) is 11.8. The van der Waals surface area contributed by atoms with Crippen molar-refractivity contribution in [2.75, 3.05) is 18.0 Å². The van der Waals surface area contributed by atoms with E-state index in [1.54, 1.807) is 16.6 Å². The number of aromatic nitrogens is 4. The van der Waals surface area contributed by atoms with Gasteiger partial charge in [-0.25, -0.2) is 0 Å². The summed E-state index contributed by atoms with van der Waals surface area (Å²) in [5, 5.41) is 28.3. The van der Waals surface area contributed by atoms with Gasteiger partial charge in [0, 0.05) is 36.7 Å². The summed E-state index contributed by atoms with van der Waals surface area (Å²) in [4.78, 5) is 26.8. The van der Waals surface area contributed by atoms with Crippen LogP contribution in [0.15, 0.2) is 36.4 Å². The van der Waals surface area contributed by atoms with Crippen LogP contribution >= 0.6 is 11.3 Å². The number of amides is 1. The van der Waals surface area contributed by atoms with Crippen molar-refractivity contribution in [3.05, 3.63) is 62.9 Å². The highest BCUT2D eigenvalue weighted by molar-refractivity contribution is 7.17. The van der Waals surface area contributed by atoms with Gasteiger partial charge in [0.15, 0.2) is 5.82 Å². The lowest BCUT2D eigenvalue weighted by atomic mass is 10.0. The molecule has 1 N–H and O–H groups in total. The van der Waals surface area contributed by atoms with Crippen molar-refractivity contribution >= 4 is 39.2 Å². The van der Waals surface area contributed by atoms with Crippen LogP contribution in [0.2, 0.25) is 0 Å². The van der Waals surface area contributed by atoms with E-state index in [0.717, 1.165) is 53.7 Å². The van der Waals surface area contributed by atoms with E-state index < -0.39 is 4.92 Å². The molecule has 1 atom stereocenters. The van der Waals surface area contributed by atoms with E-state index in [1.165, 1.54) is 17.4 Å². The molecule has 10 nitrogen and oxygen atoms in total. The number of nitro benzene ring substituents is 1. The van der Waals surface area contributed by atoms with E-state index in [4.69, 9.17) is 0 Å². The number of anilines is 1. The third-order valence-electron chi connectivity index (χ3n) is 5.92. The number of hydrogen-bond donors (Lipinski definition) is 1. The minimum Gasteiger partial charge on any atom is -0.366 e. The molecule has 0 radical (unpaired) electrons. The van der Waals surface area contributed by atoms with Gasteiger partial charge in [0.2, 0.25) is 4.96 Å². The first kappa shape index (κ1) is 21.3. The fraction of sp³-hybridized carbons (Fsp3) is 0.364. The number of hydrogen-bond acceptors (Lipinski definition) is 8. The van der Waals surface area contributed by atoms with Crippen LogP contribution in [0.25, 0.3) is 10.5 Å². The molecule has 2 aromatic heterocycles. The minimum atomic E-state index is -0.412. The summed E-state index contributed by atoms with van der Waals surface area (Å²) in [6.45, 7) is 3.61. The lowest BCUT2D eigenvalue weighted by molar-refractivity contribution is -0.384. The van der Waals surface area contributed by atoms with Crippen LogP contribution in [0.3, 0.4) is 0 Å². The van der Waals surface area contributed by atoms with Crippen molar-refractivity contribution in [2.45, 2.75) is 38.6 Å². The third-order valence-corrected chi connectivity index (χ3v) is 6.86. The monoisotopic (exact) mass is 465 g/mol. The Morgan fingerprint density at radius 2 is 2.12 bits per heavy atom. The number of fused-ring (bicyclic) bond motifs is 1. The van der Waals surface area contributed by atoms with Gasteiger partial charge in [-0.2, -0.15) is 9.61 Å². The molecular weight excluding hydrogens is 442 g/mol. The Balaban J connectivity index is 1.27. The zero-order chi connectivity index (χ0) is 22.9. The van der Waals surface area contributed by atoms with E-state index in [2.05, 4.69) is 20.6 Å². The SMILES string of the molecule is CCc1nnc2sc(C3=CCC(NC(=O)c4ccc(N5CCCC5)c([N+](=O)[O-])c4)C=C3)nn12. The number of rotatable bonds is 6. The molecule has 1 unspecified atom stereocenters. The van der Waals surface area contributed by atoms with Crippen LogP contribution in [0.4, 0.5) is 11.4 Å². The number of carbonyl (C=O) groups is 1. The number of carbonyl (C=O) groups excluding carboxylic acids is 1. The Hall–Kier alpha value is -3.60. The maximum atomic E-state index is 12.8. The van der Waals surface area contributed by atoms with Gasteiger partial charge < -0.3 is 10.2 Å². The summed E-state index contributed by atoms with van der Waals surface area (Å²) < 4.78 is 1.77. The van der Waals surface area contributed by atoms with E-state index in [9.17, 15) is 14.9 Å². The van der Waals surface area contributed by atoms with Gasteiger partial charge in [0.1, 0.15) is 10.7 Å². The fourth-order valence-corrected chi connectivity index (χ4v) is 5.05. The van der Waals surface area contributed by atoms with Gasteiger partial charge in [-0.15, -0.1) is 10.2 Å². The molecule has 1 saturated heterocycles. The molecule has 1 amide bonds. The lowest BCUT2D eigenvalue weighted by Gasteiger charge is -2.19. The number of nitrogens with zero attached hydrogens (tertiary/aromatic N) is 6. The highest BCUT2D eigenvalue weighted by atomic mass is 32.1. The summed E-state index contributed by atoms with van der Waals surface area (Å²) in [6.07, 6.45) is 9.28. The zero-order valence-corrected chi connectivity index (χ0v) is 18.9. The number of nitrogens with one attached hydrogen (secondary N) is 1. The standard InChI is InChI=1S/C22H23N7O3S/c1-2-19-24-25-22-28(19)26-21(33-22)14-5-8-16(9-6-14)23-20(30)15-7-10-17(18(13-15)29(31)32)27-11-3-4-12-27/h5-8,10,13,16H,2-4,9,11-12H2,1H3,(H,23,30). The van der Waals surface area contributed by atoms with E-state index in [0.29, 0.717) is 12.1 Å². The molecule has 1 fully saturated rings. The molecule has 1 aliphatic heterocycles. The summed E-state index contributed by atoms with van der Waals surface area (Å²) in [6, 6.07) is 4.52. The van der Waals surface area contributed by atoms with Gasteiger partial charge in [0.05, 0.1) is 11.0 Å². The van der Waals surface area contributed by atoms with Crippen molar-refractivity contribution in [1.82, 2.24) is 25.1 Å². The van der Waals surface area contributed by atoms with Crippen molar-refractivity contribution in [1.29, 1.82) is 0 Å². The van der Waals surface area contributed by atoms with Crippen LogP contribution in [0, 0.1) is 10.1 Å². The second-order valence-electron chi connectivity index (χ2n) is 8.06. The molecule has 0 saturated carbocycles. The average Bonchev–Trinajstić information content (AvgIpc) is 3.56. The van der Waals surface area contributed by atoms with Crippen molar-refractivity contribution in [3.63, 3.8) is 0 Å². The van der Waals surface area contributed by atoms with Gasteiger partial charge in [-0.3, -0.25) is 14.9 Å². The largest absolute Gasteiger partial charge is 0.366 e. The Morgan fingerprint density at radius 1 is 1.30 bits per heavy atom. The van der Waals surface area contributed by atoms with Crippen molar-refractivity contribution in [2.24, 2.45) is 0 Å². The van der Waals surface area contributed by atoms with Gasteiger partial charge >= 0.3 is 0 Å². The molecule has 0 bridgehead atoms. The first-order chi connectivity index (χ1) is 16.0. The number of benzene rings is 1. The second-order valence-corrected chi connectivity index (χ2v) is 9.02. The van der Waals surface area contributed by atoms with Crippen LogP contribution < -0.4 is 10.2 Å². The molecule has 5 rings (SSSR count). The smallest absolute Gasteiger partial charge is 0.293 e. The summed E-state index contributed by atoms with van der Waals surface area (Å²) >= 11 is 1.47. The Labute approximate surface area is 193 Å². The third kappa shape index (κ3) is 4.11. The molecular formula is C22H23N7O3S. The first-order valence-electron chi connectivity index (χ1n) is 11.0. The molecule has 11 heteroatoms. The summed E-state index contributed by atoms with van der Waals surface area (Å²) in [5.41, 5.74) is 1.81. The molecule has 2 aliphatic rings. The van der Waals surface area contributed by atoms with Crippen LogP contribution in [-0.2, 0) is 6.42 Å². The second kappa shape index (κ2) is 8.74. The number of aryl methyl sites for hydroxylation is 1. The van der Waals surface area contributed by atoms with Gasteiger partial charge in [-0.05, 0) is 31.4 Å². The topological polar surface area (TPSA) is 119 Å². The van der Waals surface area contributed by atoms with E-state index >= 15 is 0 Å². The molecule has 1 aromatic carbocycles. The summed E-state index contributed by atoms with van der Waals surface area (Å²) in [5.74, 6) is 0.492. The predicted octanol–water partition coefficient (Wildman–Crippen LogP) is 3.40. The normalized spacial score (nSPS) is 18.0. The van der Waals surface area contributed by atoms with Crippen LogP contribution in [-0.4, -0.2) is 49.8 Å². The maximum Gasteiger partial charge on any atom is 0.293 e. The molecule has 170 valence electrons. The lowest BCUT2D eigenvalue weighted by Crippen LogP contribution is -2.34. The average molecular weight is 466 g/mol. The van der Waals surface area contributed by atoms with Gasteiger partial charge in [-0.1, -0.05) is 36.5 Å². The molecule has 0 spiro atoms. The van der Waals surface area contributed by atoms with Crippen LogP contribution in [0.5, 0.6) is 0 Å². The van der Waals surface area contributed by atoms with Crippen molar-refractivity contribution < 1.29 is 9.72 Å². The Kier molecular flexibility index (Phi) is 5.63. The minimum absolute atomic E-state index is 0.0272. The summed E-state index contributed by atoms with van der Waals surface area (Å²) in [7, 11) is 0. The Morgan fingerprint density at radius 3 is 2.82 bits per heavy atom. The molecule has 1 aliphatic carbocycles. The predicted molar refractivity (Wildman–Crippen MR) is 126 cm³/mol. The number of allylic oxidation sites excluding steroid dienone is 2. The zero-order valence-electron chi connectivity index (χ0n) is 18.1. The van der Waals surface area contributed by atoms with E-state index in [1.807, 2.05) is 30.1 Å². The highest BCUT2D eigenvalue weighted by Gasteiger charge is 2.24. The molecule has 3 aromatic rings. The Bertz CT molecular complexity index is 1290.